The number of rotatable bonds is 1. The molecule has 2 nitrogen and oxygen atoms in total. The first-order chi connectivity index (χ1) is 6.27. The van der Waals surface area contributed by atoms with Gasteiger partial charge < -0.3 is 4.74 Å². The van der Waals surface area contributed by atoms with E-state index in [1.807, 2.05) is 6.07 Å². The molecule has 1 aromatic heterocycles. The molecule has 1 heterocycles. The molecule has 0 aliphatic rings. The number of thiophene rings is 1. The van der Waals surface area contributed by atoms with Gasteiger partial charge in [0.15, 0.2) is 0 Å². The summed E-state index contributed by atoms with van der Waals surface area (Å²) in [5.41, 5.74) is 0. The second-order valence-electron chi connectivity index (χ2n) is 1.96. The topological polar surface area (TPSA) is 26.3 Å². The van der Waals surface area contributed by atoms with Crippen molar-refractivity contribution >= 4 is 47.4 Å². The highest BCUT2D eigenvalue weighted by Crippen LogP contribution is 2.17. The Labute approximate surface area is 96.6 Å². The van der Waals surface area contributed by atoms with Crippen LogP contribution in [0.15, 0.2) is 12.1 Å². The quantitative estimate of drug-likeness (QED) is 0.451. The summed E-state index contributed by atoms with van der Waals surface area (Å²) in [7, 11) is 2.79. The average Bonchev–Trinajstić information content (AvgIpc) is 2.62. The van der Waals surface area contributed by atoms with Crippen molar-refractivity contribution in [1.82, 2.24) is 0 Å². The van der Waals surface area contributed by atoms with Gasteiger partial charge in [0.2, 0.25) is 0 Å². The first-order valence-corrected chi connectivity index (χ1v) is 7.42. The largest absolute Gasteiger partial charge is 0.465 e. The van der Waals surface area contributed by atoms with E-state index in [-0.39, 0.29) is 5.97 Å². The zero-order valence-electron chi connectivity index (χ0n) is 6.67. The van der Waals surface area contributed by atoms with Crippen LogP contribution in [0.25, 0.3) is 0 Å². The number of halogens is 1. The fraction of sp³-hybridized carbons (Fsp3) is 0.125. The molecule has 0 saturated carbocycles. The Morgan fingerprint density at radius 2 is 2.46 bits per heavy atom. The molecule has 68 valence electrons. The van der Waals surface area contributed by atoms with Crippen LogP contribution in [0.5, 0.6) is 0 Å². The molecule has 0 N–H and O–H groups in total. The molecular weight excluding hydrogens is 319 g/mol. The van der Waals surface area contributed by atoms with Crippen LogP contribution in [0.2, 0.25) is 0 Å². The number of hydrogen-bond acceptors (Lipinski definition) is 4. The van der Waals surface area contributed by atoms with Crippen molar-refractivity contribution in [3.63, 3.8) is 0 Å². The normalized spacial score (nSPS) is 8.77. The number of carbonyl (C=O) groups excluding carboxylic acids is 1. The van der Waals surface area contributed by atoms with E-state index in [2.05, 4.69) is 37.1 Å². The smallest absolute Gasteiger partial charge is 0.348 e. The lowest BCUT2D eigenvalue weighted by Gasteiger charge is -1.90. The van der Waals surface area contributed by atoms with Gasteiger partial charge in [0.05, 0.1) is 12.0 Å². The molecule has 13 heavy (non-hydrogen) atoms. The van der Waals surface area contributed by atoms with Gasteiger partial charge in [-0.3, -0.25) is 0 Å². The van der Waals surface area contributed by atoms with Crippen molar-refractivity contribution in [3.8, 4) is 11.2 Å². The van der Waals surface area contributed by atoms with E-state index in [4.69, 9.17) is 0 Å². The predicted molar refractivity (Wildman–Crippen MR) is 64.1 cm³/mol. The second-order valence-corrected chi connectivity index (χ2v) is 4.72. The Balaban J connectivity index is 2.80. The molecule has 0 aromatic carbocycles. The Bertz CT molecular complexity index is 362. The molecular formula is C8H5IO2S2. The highest BCUT2D eigenvalue weighted by Gasteiger charge is 2.07. The number of carbonyl (C=O) groups is 1. The zero-order valence-corrected chi connectivity index (χ0v) is 10.5. The molecule has 0 radical (unpaired) electrons. The maximum absolute atomic E-state index is 11.0. The van der Waals surface area contributed by atoms with Crippen molar-refractivity contribution in [2.24, 2.45) is 0 Å². The van der Waals surface area contributed by atoms with E-state index < -0.39 is 0 Å². The summed E-state index contributed by atoms with van der Waals surface area (Å²) in [5.74, 6) is 2.60. The molecule has 0 bridgehead atoms. The van der Waals surface area contributed by atoms with Gasteiger partial charge in [0.25, 0.3) is 0 Å². The highest BCUT2D eigenvalue weighted by molar-refractivity contribution is 14.2. The molecule has 0 amide bonds. The number of hydrogen-bond donors (Lipinski definition) is 0. The van der Waals surface area contributed by atoms with Crippen molar-refractivity contribution in [2.45, 2.75) is 0 Å². The molecule has 0 spiro atoms. The minimum Gasteiger partial charge on any atom is -0.465 e. The van der Waals surface area contributed by atoms with Crippen LogP contribution in [0, 0.1) is 11.2 Å². The van der Waals surface area contributed by atoms with E-state index in [0.29, 0.717) is 4.88 Å². The molecule has 0 aliphatic carbocycles. The van der Waals surface area contributed by atoms with E-state index >= 15 is 0 Å². The van der Waals surface area contributed by atoms with E-state index in [1.165, 1.54) is 27.4 Å². The third-order valence-electron chi connectivity index (χ3n) is 1.21. The summed E-state index contributed by atoms with van der Waals surface area (Å²) < 4.78 is 4.57. The molecule has 0 unspecified atom stereocenters. The Morgan fingerprint density at radius 3 is 3.08 bits per heavy atom. The summed E-state index contributed by atoms with van der Waals surface area (Å²) >= 11 is 3.44. The maximum atomic E-state index is 11.0. The summed E-state index contributed by atoms with van der Waals surface area (Å²) in [6, 6.07) is 3.54. The van der Waals surface area contributed by atoms with Crippen LogP contribution in [0.4, 0.5) is 0 Å². The molecule has 1 rings (SSSR count). The fourth-order valence-corrected chi connectivity index (χ4v) is 2.01. The van der Waals surface area contributed by atoms with E-state index in [0.717, 1.165) is 4.88 Å². The van der Waals surface area contributed by atoms with Gasteiger partial charge in [0.1, 0.15) is 4.88 Å². The van der Waals surface area contributed by atoms with E-state index in [1.54, 1.807) is 6.07 Å². The lowest BCUT2D eigenvalue weighted by atomic mass is 10.4. The number of methoxy groups -OCH3 is 1. The van der Waals surface area contributed by atoms with Crippen LogP contribution in [-0.4, -0.2) is 13.1 Å². The van der Waals surface area contributed by atoms with Crippen LogP contribution >= 0.6 is 41.5 Å². The molecule has 1 aromatic rings. The summed E-state index contributed by atoms with van der Waals surface area (Å²) in [6.07, 6.45) is 0. The zero-order chi connectivity index (χ0) is 9.68. The lowest BCUT2D eigenvalue weighted by Crippen LogP contribution is -1.96. The van der Waals surface area contributed by atoms with Gasteiger partial charge in [-0.1, -0.05) is 0 Å². The van der Waals surface area contributed by atoms with Crippen LogP contribution < -0.4 is 0 Å². The molecule has 0 aliphatic heterocycles. The van der Waals surface area contributed by atoms with Crippen molar-refractivity contribution in [3.05, 3.63) is 21.9 Å². The standard InChI is InChI=1S/C8H5IO2S2/c1-11-8(10)7-3-2-6(13-7)4-5-12-9/h2-3H,1H3. The van der Waals surface area contributed by atoms with Crippen LogP contribution in [0.3, 0.4) is 0 Å². The predicted octanol–water partition coefficient (Wildman–Crippen LogP) is 2.93. The van der Waals surface area contributed by atoms with Gasteiger partial charge in [0, 0.05) is 21.2 Å². The minimum absolute atomic E-state index is 0.305. The Kier molecular flexibility index (Phi) is 4.62. The van der Waals surface area contributed by atoms with E-state index in [9.17, 15) is 4.79 Å². The van der Waals surface area contributed by atoms with Crippen molar-refractivity contribution < 1.29 is 9.53 Å². The number of ether oxygens (including phenoxy) is 1. The third-order valence-corrected chi connectivity index (χ3v) is 3.03. The first-order valence-electron chi connectivity index (χ1n) is 3.24. The minimum atomic E-state index is -0.305. The summed E-state index contributed by atoms with van der Waals surface area (Å²) in [6.45, 7) is 0. The SMILES string of the molecule is COC(=O)c1ccc(C#CSI)s1. The Morgan fingerprint density at radius 1 is 1.69 bits per heavy atom. The molecule has 0 saturated heterocycles. The lowest BCUT2D eigenvalue weighted by molar-refractivity contribution is 0.0606. The van der Waals surface area contributed by atoms with Crippen molar-refractivity contribution in [1.29, 1.82) is 0 Å². The van der Waals surface area contributed by atoms with Crippen molar-refractivity contribution in [2.75, 3.05) is 7.11 Å². The van der Waals surface area contributed by atoms with Crippen LogP contribution in [-0.2, 0) is 4.74 Å². The van der Waals surface area contributed by atoms with Gasteiger partial charge in [-0.15, -0.1) is 11.3 Å². The average molecular weight is 324 g/mol. The number of esters is 1. The third kappa shape index (κ3) is 3.21. The van der Waals surface area contributed by atoms with Gasteiger partial charge in [-0.05, 0) is 32.2 Å². The van der Waals surface area contributed by atoms with Gasteiger partial charge in [-0.25, -0.2) is 4.79 Å². The first kappa shape index (κ1) is 10.9. The monoisotopic (exact) mass is 324 g/mol. The molecule has 0 fully saturated rings. The summed E-state index contributed by atoms with van der Waals surface area (Å²) in [4.78, 5) is 12.5. The Hall–Kier alpha value is -0.190. The van der Waals surface area contributed by atoms with Gasteiger partial charge >= 0.3 is 5.97 Å². The maximum Gasteiger partial charge on any atom is 0.348 e. The highest BCUT2D eigenvalue weighted by atomic mass is 127. The molecule has 5 heteroatoms. The second kappa shape index (κ2) is 5.52. The van der Waals surface area contributed by atoms with Crippen LogP contribution in [0.1, 0.15) is 14.5 Å². The van der Waals surface area contributed by atoms with Gasteiger partial charge in [-0.2, -0.15) is 0 Å². The fourth-order valence-electron chi connectivity index (χ4n) is 0.685. The summed E-state index contributed by atoms with van der Waals surface area (Å²) in [5, 5.41) is 2.85. The molecule has 0 atom stereocenters.